The van der Waals surface area contributed by atoms with Crippen LogP contribution in [0.5, 0.6) is 0 Å². The summed E-state index contributed by atoms with van der Waals surface area (Å²) in [6.07, 6.45) is 0.150. The number of aromatic carboxylic acids is 1. The summed E-state index contributed by atoms with van der Waals surface area (Å²) in [4.78, 5) is 23.9. The molecule has 2 N–H and O–H groups in total. The smallest absolute Gasteiger partial charge is 0.341 e. The Morgan fingerprint density at radius 2 is 1.63 bits per heavy atom. The molecule has 1 atom stereocenters. The van der Waals surface area contributed by atoms with Crippen molar-refractivity contribution in [2.45, 2.75) is 38.4 Å². The minimum absolute atomic E-state index is 0.150. The zero-order valence-corrected chi connectivity index (χ0v) is 17.9. The van der Waals surface area contributed by atoms with Crippen LogP contribution < -0.4 is 0 Å². The van der Waals surface area contributed by atoms with Crippen LogP contribution in [-0.2, 0) is 21.6 Å². The predicted octanol–water partition coefficient (Wildman–Crippen LogP) is 5.45. The van der Waals surface area contributed by atoms with E-state index < -0.39 is 23.1 Å². The maximum atomic E-state index is 12.4. The molecule has 3 aromatic rings. The summed E-state index contributed by atoms with van der Waals surface area (Å²) in [5, 5.41) is 23.2. The van der Waals surface area contributed by atoms with E-state index in [1.807, 2.05) is 50.4 Å². The Morgan fingerprint density at radius 3 is 2.17 bits per heavy atom. The first-order chi connectivity index (χ1) is 14.1. The monoisotopic (exact) mass is 424 g/mol. The van der Waals surface area contributed by atoms with Crippen LogP contribution in [0.2, 0.25) is 0 Å². The molecular formula is C24H24O5S. The van der Waals surface area contributed by atoms with Gasteiger partial charge in [0, 0.05) is 12.0 Å². The first-order valence-electron chi connectivity index (χ1n) is 9.50. The van der Waals surface area contributed by atoms with E-state index in [0.717, 1.165) is 11.1 Å². The Kier molecular flexibility index (Phi) is 6.10. The number of hydrogen-bond donors (Lipinski definition) is 2. The van der Waals surface area contributed by atoms with Crippen LogP contribution in [0.1, 0.15) is 42.3 Å². The fourth-order valence-electron chi connectivity index (χ4n) is 3.47. The summed E-state index contributed by atoms with van der Waals surface area (Å²) in [7, 11) is 0. The van der Waals surface area contributed by atoms with Crippen LogP contribution in [0.15, 0.2) is 65.4 Å². The fraction of sp³-hybridized carbons (Fsp3) is 0.250. The van der Waals surface area contributed by atoms with E-state index in [1.54, 1.807) is 35.7 Å². The largest absolute Gasteiger partial charge is 0.479 e. The average molecular weight is 425 g/mol. The van der Waals surface area contributed by atoms with Crippen molar-refractivity contribution < 1.29 is 24.5 Å². The molecule has 0 aliphatic rings. The number of hydrogen-bond acceptors (Lipinski definition) is 4. The lowest BCUT2D eigenvalue weighted by molar-refractivity contribution is -0.187. The topological polar surface area (TPSA) is 83.8 Å². The molecule has 0 saturated heterocycles. The number of rotatable bonds is 7. The second-order valence-electron chi connectivity index (χ2n) is 8.08. The predicted molar refractivity (Wildman–Crippen MR) is 117 cm³/mol. The Morgan fingerprint density at radius 1 is 0.967 bits per heavy atom. The third-order valence-corrected chi connectivity index (χ3v) is 5.37. The average Bonchev–Trinajstić information content (AvgIpc) is 3.22. The number of carbonyl (C=O) groups is 2. The lowest BCUT2D eigenvalue weighted by atomic mass is 9.87. The van der Waals surface area contributed by atoms with E-state index in [4.69, 9.17) is 4.74 Å². The van der Waals surface area contributed by atoms with Gasteiger partial charge in [-0.25, -0.2) is 9.59 Å². The molecule has 0 radical (unpaired) electrons. The lowest BCUT2D eigenvalue weighted by Crippen LogP contribution is -2.45. The molecule has 2 aromatic carbocycles. The highest BCUT2D eigenvalue weighted by molar-refractivity contribution is 7.08. The minimum atomic E-state index is -1.52. The highest BCUT2D eigenvalue weighted by atomic mass is 32.1. The minimum Gasteiger partial charge on any atom is -0.479 e. The van der Waals surface area contributed by atoms with Crippen molar-refractivity contribution in [2.24, 2.45) is 0 Å². The zero-order valence-electron chi connectivity index (χ0n) is 17.1. The van der Waals surface area contributed by atoms with Crippen LogP contribution in [0, 0.1) is 0 Å². The van der Waals surface area contributed by atoms with Crippen molar-refractivity contribution >= 4 is 23.3 Å². The lowest BCUT2D eigenvalue weighted by Gasteiger charge is -2.36. The highest BCUT2D eigenvalue weighted by Gasteiger charge is 2.45. The van der Waals surface area contributed by atoms with Gasteiger partial charge in [0.1, 0.15) is 0 Å². The molecule has 0 spiro atoms. The van der Waals surface area contributed by atoms with Gasteiger partial charge in [-0.3, -0.25) is 0 Å². The Balaban J connectivity index is 1.99. The van der Waals surface area contributed by atoms with E-state index in [0.29, 0.717) is 11.1 Å². The number of benzene rings is 2. The SMILES string of the molecule is CC(C)(C)OC(Cc1ccc(-c2ccccc2C(=O)O)cc1)(C(=O)O)c1ccsc1. The zero-order chi connectivity index (χ0) is 21.9. The highest BCUT2D eigenvalue weighted by Crippen LogP contribution is 2.36. The van der Waals surface area contributed by atoms with E-state index in [1.165, 1.54) is 11.3 Å². The molecule has 30 heavy (non-hydrogen) atoms. The molecular weight excluding hydrogens is 400 g/mol. The van der Waals surface area contributed by atoms with E-state index in [2.05, 4.69) is 0 Å². The maximum Gasteiger partial charge on any atom is 0.341 e. The standard InChI is InChI=1S/C24H24O5S/c1-23(2,3)29-24(22(27)28,18-12-13-30-15-18)14-16-8-10-17(11-9-16)19-6-4-5-7-20(19)21(25)26/h4-13,15H,14H2,1-3H3,(H,25,26)(H,27,28). The summed E-state index contributed by atoms with van der Waals surface area (Å²) in [5.74, 6) is -2.04. The van der Waals surface area contributed by atoms with Gasteiger partial charge >= 0.3 is 11.9 Å². The van der Waals surface area contributed by atoms with Gasteiger partial charge in [-0.15, -0.1) is 0 Å². The van der Waals surface area contributed by atoms with Crippen LogP contribution >= 0.6 is 11.3 Å². The van der Waals surface area contributed by atoms with Crippen molar-refractivity contribution in [1.29, 1.82) is 0 Å². The first kappa shape index (κ1) is 21.7. The van der Waals surface area contributed by atoms with Gasteiger partial charge in [-0.1, -0.05) is 42.5 Å². The molecule has 6 heteroatoms. The summed E-state index contributed by atoms with van der Waals surface area (Å²) < 4.78 is 6.13. The molecule has 0 amide bonds. The van der Waals surface area contributed by atoms with Crippen molar-refractivity contribution in [3.8, 4) is 11.1 Å². The molecule has 1 heterocycles. The normalized spacial score (nSPS) is 13.6. The van der Waals surface area contributed by atoms with E-state index >= 15 is 0 Å². The number of carboxylic acid groups (broad SMARTS) is 2. The molecule has 3 rings (SSSR count). The quantitative estimate of drug-likeness (QED) is 0.527. The molecule has 0 fully saturated rings. The van der Waals surface area contributed by atoms with Gasteiger partial charge < -0.3 is 14.9 Å². The van der Waals surface area contributed by atoms with Gasteiger partial charge in [0.15, 0.2) is 5.60 Å². The van der Waals surface area contributed by atoms with Crippen LogP contribution in [0.3, 0.4) is 0 Å². The summed E-state index contributed by atoms with van der Waals surface area (Å²) in [6.45, 7) is 5.51. The Hall–Kier alpha value is -2.96. The van der Waals surface area contributed by atoms with Crippen molar-refractivity contribution in [3.63, 3.8) is 0 Å². The van der Waals surface area contributed by atoms with Gasteiger partial charge in [0.25, 0.3) is 0 Å². The number of thiophene rings is 1. The van der Waals surface area contributed by atoms with Crippen molar-refractivity contribution in [1.82, 2.24) is 0 Å². The van der Waals surface area contributed by atoms with Gasteiger partial charge in [0.05, 0.1) is 11.2 Å². The molecule has 0 bridgehead atoms. The van der Waals surface area contributed by atoms with Gasteiger partial charge in [-0.2, -0.15) is 11.3 Å². The maximum absolute atomic E-state index is 12.4. The fourth-order valence-corrected chi connectivity index (χ4v) is 4.19. The number of ether oxygens (including phenoxy) is 1. The second-order valence-corrected chi connectivity index (χ2v) is 8.86. The third-order valence-electron chi connectivity index (χ3n) is 4.69. The molecule has 5 nitrogen and oxygen atoms in total. The summed E-state index contributed by atoms with van der Waals surface area (Å²) in [5.41, 5.74) is 0.799. The summed E-state index contributed by atoms with van der Waals surface area (Å²) in [6, 6.07) is 15.9. The Labute approximate surface area is 179 Å². The molecule has 0 aliphatic carbocycles. The first-order valence-corrected chi connectivity index (χ1v) is 10.4. The van der Waals surface area contributed by atoms with Crippen LogP contribution in [0.4, 0.5) is 0 Å². The number of aliphatic carboxylic acids is 1. The second kappa shape index (κ2) is 8.42. The van der Waals surface area contributed by atoms with Crippen LogP contribution in [-0.4, -0.2) is 27.8 Å². The molecule has 0 aliphatic heterocycles. The molecule has 156 valence electrons. The number of carboxylic acids is 2. The Bertz CT molecular complexity index is 1030. The van der Waals surface area contributed by atoms with Crippen LogP contribution in [0.25, 0.3) is 11.1 Å². The van der Waals surface area contributed by atoms with E-state index in [9.17, 15) is 19.8 Å². The van der Waals surface area contributed by atoms with Crippen molar-refractivity contribution in [2.75, 3.05) is 0 Å². The van der Waals surface area contributed by atoms with Gasteiger partial charge in [-0.05, 0) is 60.4 Å². The van der Waals surface area contributed by atoms with Crippen molar-refractivity contribution in [3.05, 3.63) is 82.0 Å². The molecule has 1 aromatic heterocycles. The van der Waals surface area contributed by atoms with E-state index in [-0.39, 0.29) is 12.0 Å². The van der Waals surface area contributed by atoms with Gasteiger partial charge in [0.2, 0.25) is 0 Å². The molecule has 0 saturated carbocycles. The summed E-state index contributed by atoms with van der Waals surface area (Å²) >= 11 is 1.43. The molecule has 1 unspecified atom stereocenters. The third kappa shape index (κ3) is 4.61.